The van der Waals surface area contributed by atoms with Crippen LogP contribution in [0.5, 0.6) is 0 Å². The van der Waals surface area contributed by atoms with E-state index < -0.39 is 6.04 Å². The molecule has 8 nitrogen and oxygen atoms in total. The molecule has 3 amide bonds. The van der Waals surface area contributed by atoms with Gasteiger partial charge in [-0.05, 0) is 24.1 Å². The quantitative estimate of drug-likeness (QED) is 0.382. The Balaban J connectivity index is 2.72. The van der Waals surface area contributed by atoms with Crippen LogP contribution in [0.4, 0.5) is 5.69 Å². The predicted molar refractivity (Wildman–Crippen MR) is 124 cm³/mol. The Morgan fingerprint density at radius 2 is 1.47 bits per heavy atom. The minimum absolute atomic E-state index is 0.00250. The molecule has 1 aromatic rings. The number of thioether (sulfide) groups is 2. The van der Waals surface area contributed by atoms with Crippen molar-refractivity contribution >= 4 is 73.1 Å². The number of carbonyl (C=O) groups is 5. The fourth-order valence-electron chi connectivity index (χ4n) is 2.27. The second-order valence-corrected chi connectivity index (χ2v) is 9.08. The van der Waals surface area contributed by atoms with E-state index in [-0.39, 0.29) is 51.3 Å². The maximum absolute atomic E-state index is 12.1. The molecule has 0 aromatic heterocycles. The van der Waals surface area contributed by atoms with Crippen LogP contribution >= 0.6 is 39.5 Å². The van der Waals surface area contributed by atoms with Crippen LogP contribution in [0.1, 0.15) is 19.4 Å². The minimum atomic E-state index is -0.403. The van der Waals surface area contributed by atoms with Crippen LogP contribution < -0.4 is 16.0 Å². The molecule has 0 spiro atoms. The first-order valence-electron chi connectivity index (χ1n) is 8.97. The predicted octanol–water partition coefficient (Wildman–Crippen LogP) is 1.72. The van der Waals surface area contributed by atoms with Crippen LogP contribution in [0.2, 0.25) is 0 Å². The lowest BCUT2D eigenvalue weighted by Gasteiger charge is -2.20. The average molecular weight is 518 g/mol. The van der Waals surface area contributed by atoms with Gasteiger partial charge in [-0.2, -0.15) is 0 Å². The summed E-state index contributed by atoms with van der Waals surface area (Å²) in [6, 6.07) is 6.74. The van der Waals surface area contributed by atoms with Gasteiger partial charge in [-0.15, -0.1) is 0 Å². The zero-order valence-corrected chi connectivity index (χ0v) is 19.9. The minimum Gasteiger partial charge on any atom is -0.353 e. The third kappa shape index (κ3) is 12.0. The number of rotatable bonds is 11. The van der Waals surface area contributed by atoms with Gasteiger partial charge in [0.25, 0.3) is 0 Å². The summed E-state index contributed by atoms with van der Waals surface area (Å²) in [4.78, 5) is 57.5. The smallest absolute Gasteiger partial charge is 0.235 e. The molecule has 0 radical (unpaired) electrons. The van der Waals surface area contributed by atoms with E-state index in [0.717, 1.165) is 29.1 Å². The first-order valence-corrected chi connectivity index (χ1v) is 12.1. The molecular formula is C19H24BrN3O5S2. The Labute approximate surface area is 192 Å². The number of benzene rings is 1. The van der Waals surface area contributed by atoms with Gasteiger partial charge in [-0.1, -0.05) is 51.6 Å². The number of hydrogen-bond donors (Lipinski definition) is 3. The molecule has 0 bridgehead atoms. The van der Waals surface area contributed by atoms with Crippen LogP contribution in [-0.4, -0.2) is 57.4 Å². The summed E-state index contributed by atoms with van der Waals surface area (Å²) in [6.45, 7) is 2.95. The number of amides is 3. The van der Waals surface area contributed by atoms with Crippen molar-refractivity contribution in [2.75, 3.05) is 28.7 Å². The number of carbonyl (C=O) groups excluding carboxylic acids is 5. The first kappa shape index (κ1) is 26.2. The lowest BCUT2D eigenvalue weighted by molar-refractivity contribution is -0.121. The van der Waals surface area contributed by atoms with Crippen LogP contribution in [0.15, 0.2) is 24.3 Å². The monoisotopic (exact) mass is 517 g/mol. The van der Waals surface area contributed by atoms with Gasteiger partial charge in [0.2, 0.25) is 17.7 Å². The molecule has 0 aliphatic rings. The Kier molecular flexibility index (Phi) is 12.4. The normalized spacial score (nSPS) is 11.3. The molecule has 11 heteroatoms. The number of hydrogen-bond acceptors (Lipinski definition) is 7. The van der Waals surface area contributed by atoms with Gasteiger partial charge in [0.15, 0.2) is 10.2 Å². The van der Waals surface area contributed by atoms with E-state index in [2.05, 4.69) is 31.9 Å². The summed E-state index contributed by atoms with van der Waals surface area (Å²) in [5.41, 5.74) is 1.54. The fraction of sp³-hybridized carbons (Fsp3) is 0.421. The van der Waals surface area contributed by atoms with Gasteiger partial charge in [0.1, 0.15) is 0 Å². The second-order valence-electron chi connectivity index (χ2n) is 6.21. The second kappa shape index (κ2) is 14.2. The standard InChI is InChI=1S/C19H24BrN3O5S2/c1-12(24)29-10-18(27)21-9-16(23-19(28)11-30-13(2)25)7-14-3-5-15(6-4-14)22-17(26)8-20/h3-6,16H,7-11H2,1-2H3,(H,21,27)(H,22,26)(H,23,28). The molecule has 30 heavy (non-hydrogen) atoms. The van der Waals surface area contributed by atoms with E-state index in [9.17, 15) is 24.0 Å². The Hall–Kier alpha value is -1.85. The number of anilines is 1. The van der Waals surface area contributed by atoms with Crippen LogP contribution in [-0.2, 0) is 30.4 Å². The molecule has 1 atom stereocenters. The topological polar surface area (TPSA) is 121 Å². The summed E-state index contributed by atoms with van der Waals surface area (Å²) in [5.74, 6) is -0.772. The van der Waals surface area contributed by atoms with Crippen molar-refractivity contribution in [1.29, 1.82) is 0 Å². The van der Waals surface area contributed by atoms with Crippen molar-refractivity contribution in [3.8, 4) is 0 Å². The van der Waals surface area contributed by atoms with Crippen molar-refractivity contribution in [3.05, 3.63) is 29.8 Å². The van der Waals surface area contributed by atoms with Crippen molar-refractivity contribution in [2.45, 2.75) is 26.3 Å². The van der Waals surface area contributed by atoms with Crippen molar-refractivity contribution < 1.29 is 24.0 Å². The van der Waals surface area contributed by atoms with E-state index in [0.29, 0.717) is 12.1 Å². The van der Waals surface area contributed by atoms with Gasteiger partial charge in [-0.25, -0.2) is 0 Å². The fourth-order valence-corrected chi connectivity index (χ4v) is 3.26. The van der Waals surface area contributed by atoms with Gasteiger partial charge in [0.05, 0.1) is 22.9 Å². The van der Waals surface area contributed by atoms with Gasteiger partial charge in [0, 0.05) is 26.1 Å². The van der Waals surface area contributed by atoms with Crippen molar-refractivity contribution in [2.24, 2.45) is 0 Å². The number of nitrogens with one attached hydrogen (secondary N) is 3. The van der Waals surface area contributed by atoms with Gasteiger partial charge < -0.3 is 16.0 Å². The third-order valence-corrected chi connectivity index (χ3v) is 5.70. The molecule has 1 unspecified atom stereocenters. The summed E-state index contributed by atoms with van der Waals surface area (Å²) >= 11 is 4.90. The molecule has 1 rings (SSSR count). The van der Waals surface area contributed by atoms with E-state index in [1.165, 1.54) is 13.8 Å². The Morgan fingerprint density at radius 1 is 0.900 bits per heavy atom. The highest BCUT2D eigenvalue weighted by atomic mass is 79.9. The largest absolute Gasteiger partial charge is 0.353 e. The lowest BCUT2D eigenvalue weighted by atomic mass is 10.1. The van der Waals surface area contributed by atoms with Crippen molar-refractivity contribution in [1.82, 2.24) is 10.6 Å². The summed E-state index contributed by atoms with van der Waals surface area (Å²) < 4.78 is 0. The highest BCUT2D eigenvalue weighted by molar-refractivity contribution is 9.09. The molecular weight excluding hydrogens is 494 g/mol. The molecule has 0 saturated carbocycles. The van der Waals surface area contributed by atoms with Gasteiger partial charge >= 0.3 is 0 Å². The molecule has 1 aromatic carbocycles. The molecule has 0 aliphatic heterocycles. The van der Waals surface area contributed by atoms with Crippen molar-refractivity contribution in [3.63, 3.8) is 0 Å². The maximum Gasteiger partial charge on any atom is 0.235 e. The highest BCUT2D eigenvalue weighted by Gasteiger charge is 2.16. The van der Waals surface area contributed by atoms with Gasteiger partial charge in [-0.3, -0.25) is 24.0 Å². The first-order chi connectivity index (χ1) is 14.2. The average Bonchev–Trinajstić information content (AvgIpc) is 2.70. The molecule has 0 heterocycles. The van der Waals surface area contributed by atoms with E-state index in [4.69, 9.17) is 0 Å². The molecule has 0 saturated heterocycles. The van der Waals surface area contributed by atoms with E-state index in [1.54, 1.807) is 12.1 Å². The van der Waals surface area contributed by atoms with E-state index in [1.807, 2.05) is 12.1 Å². The summed E-state index contributed by atoms with van der Waals surface area (Å²) in [7, 11) is 0. The van der Waals surface area contributed by atoms with Crippen LogP contribution in [0, 0.1) is 0 Å². The zero-order chi connectivity index (χ0) is 22.5. The Bertz CT molecular complexity index is 774. The Morgan fingerprint density at radius 3 is 2.00 bits per heavy atom. The number of alkyl halides is 1. The highest BCUT2D eigenvalue weighted by Crippen LogP contribution is 2.12. The SMILES string of the molecule is CC(=O)SCC(=O)NCC(Cc1ccc(NC(=O)CBr)cc1)NC(=O)CSC(C)=O. The molecule has 0 fully saturated rings. The lowest BCUT2D eigenvalue weighted by Crippen LogP contribution is -2.46. The summed E-state index contributed by atoms with van der Waals surface area (Å²) in [6.07, 6.45) is 0.434. The van der Waals surface area contributed by atoms with Crippen LogP contribution in [0.25, 0.3) is 0 Å². The van der Waals surface area contributed by atoms with Crippen LogP contribution in [0.3, 0.4) is 0 Å². The third-order valence-electron chi connectivity index (χ3n) is 3.56. The maximum atomic E-state index is 12.1. The molecule has 3 N–H and O–H groups in total. The van der Waals surface area contributed by atoms with E-state index >= 15 is 0 Å². The number of halogens is 1. The summed E-state index contributed by atoms with van der Waals surface area (Å²) in [5, 5.41) is 8.14. The zero-order valence-electron chi connectivity index (χ0n) is 16.7. The molecule has 0 aliphatic carbocycles. The molecule has 164 valence electrons.